The third-order valence-corrected chi connectivity index (χ3v) is 2.49. The average molecular weight is 270 g/mol. The first-order valence-corrected chi connectivity index (χ1v) is 6.05. The fourth-order valence-corrected chi connectivity index (χ4v) is 1.51. The highest BCUT2D eigenvalue weighted by Crippen LogP contribution is 2.20. The van der Waals surface area contributed by atoms with Gasteiger partial charge in [-0.2, -0.15) is 0 Å². The Bertz CT molecular complexity index is 413. The minimum absolute atomic E-state index is 0.0253. The van der Waals surface area contributed by atoms with E-state index in [1.165, 1.54) is 12.1 Å². The van der Waals surface area contributed by atoms with Gasteiger partial charge in [-0.1, -0.05) is 6.07 Å². The molecule has 106 valence electrons. The summed E-state index contributed by atoms with van der Waals surface area (Å²) in [6.45, 7) is 0.964. The number of halogens is 1. The number of carbonyl (C=O) groups excluding carboxylic acids is 1. The Hall–Kier alpha value is -1.66. The van der Waals surface area contributed by atoms with E-state index in [1.807, 2.05) is 0 Å². The molecule has 1 aromatic rings. The summed E-state index contributed by atoms with van der Waals surface area (Å²) < 4.78 is 23.5. The number of nitrogens with one attached hydrogen (secondary N) is 1. The van der Waals surface area contributed by atoms with Gasteiger partial charge in [0.25, 0.3) is 5.91 Å². The van der Waals surface area contributed by atoms with E-state index in [-0.39, 0.29) is 24.6 Å². The molecule has 1 aromatic carbocycles. The molecule has 6 heteroatoms. The van der Waals surface area contributed by atoms with Crippen LogP contribution >= 0.6 is 0 Å². The van der Waals surface area contributed by atoms with Gasteiger partial charge in [-0.15, -0.1) is 0 Å². The van der Waals surface area contributed by atoms with Crippen molar-refractivity contribution < 1.29 is 18.7 Å². The smallest absolute Gasteiger partial charge is 0.257 e. The van der Waals surface area contributed by atoms with Crippen LogP contribution in [0.25, 0.3) is 0 Å². The van der Waals surface area contributed by atoms with Gasteiger partial charge in [0.15, 0.2) is 6.61 Å². The summed E-state index contributed by atoms with van der Waals surface area (Å²) in [6, 6.07) is 4.41. The maximum absolute atomic E-state index is 13.4. The quantitative estimate of drug-likeness (QED) is 0.686. The lowest BCUT2D eigenvalue weighted by atomic mass is 10.2. The normalized spacial score (nSPS) is 10.3. The second kappa shape index (κ2) is 8.44. The second-order valence-corrected chi connectivity index (χ2v) is 3.91. The summed E-state index contributed by atoms with van der Waals surface area (Å²) in [5.41, 5.74) is 5.71. The molecule has 1 amide bonds. The second-order valence-electron chi connectivity index (χ2n) is 3.91. The van der Waals surface area contributed by atoms with Crippen molar-refractivity contribution in [2.45, 2.75) is 13.0 Å². The molecule has 0 saturated heterocycles. The van der Waals surface area contributed by atoms with Crippen molar-refractivity contribution in [1.29, 1.82) is 0 Å². The monoisotopic (exact) mass is 270 g/mol. The van der Waals surface area contributed by atoms with Crippen LogP contribution in [-0.2, 0) is 16.1 Å². The van der Waals surface area contributed by atoms with Gasteiger partial charge in [0.05, 0.1) is 0 Å². The van der Waals surface area contributed by atoms with Crippen LogP contribution < -0.4 is 15.8 Å². The average Bonchev–Trinajstić information content (AvgIpc) is 2.41. The van der Waals surface area contributed by atoms with Crippen molar-refractivity contribution in [1.82, 2.24) is 5.32 Å². The Morgan fingerprint density at radius 1 is 1.47 bits per heavy atom. The SMILES string of the molecule is COCCCNC(=O)COc1cccc(F)c1CN. The Labute approximate surface area is 111 Å². The molecule has 0 saturated carbocycles. The van der Waals surface area contributed by atoms with E-state index in [0.29, 0.717) is 18.9 Å². The van der Waals surface area contributed by atoms with Crippen LogP contribution in [0.1, 0.15) is 12.0 Å². The predicted molar refractivity (Wildman–Crippen MR) is 69.3 cm³/mol. The molecule has 5 nitrogen and oxygen atoms in total. The van der Waals surface area contributed by atoms with Gasteiger partial charge in [-0.3, -0.25) is 4.79 Å². The molecule has 0 aliphatic rings. The van der Waals surface area contributed by atoms with Crippen LogP contribution in [0.2, 0.25) is 0 Å². The minimum Gasteiger partial charge on any atom is -0.483 e. The number of hydrogen-bond donors (Lipinski definition) is 2. The number of methoxy groups -OCH3 is 1. The third-order valence-electron chi connectivity index (χ3n) is 2.49. The molecule has 0 aromatic heterocycles. The molecule has 3 N–H and O–H groups in total. The molecule has 0 atom stereocenters. The Morgan fingerprint density at radius 3 is 2.95 bits per heavy atom. The molecule has 0 radical (unpaired) electrons. The number of nitrogens with two attached hydrogens (primary N) is 1. The highest BCUT2D eigenvalue weighted by molar-refractivity contribution is 5.77. The highest BCUT2D eigenvalue weighted by atomic mass is 19.1. The first kappa shape index (κ1) is 15.4. The topological polar surface area (TPSA) is 73.6 Å². The molecule has 0 bridgehead atoms. The Morgan fingerprint density at radius 2 is 2.26 bits per heavy atom. The predicted octanol–water partition coefficient (Wildman–Crippen LogP) is 0.816. The van der Waals surface area contributed by atoms with Gasteiger partial charge in [0, 0.05) is 32.4 Å². The number of rotatable bonds is 8. The Kier molecular flexibility index (Phi) is 6.84. The summed E-state index contributed by atoms with van der Waals surface area (Å²) in [5, 5.41) is 2.67. The molecular formula is C13H19FN2O3. The molecule has 0 spiro atoms. The van der Waals surface area contributed by atoms with E-state index < -0.39 is 5.82 Å². The zero-order valence-electron chi connectivity index (χ0n) is 10.9. The molecule has 0 heterocycles. The number of ether oxygens (including phenoxy) is 2. The summed E-state index contributed by atoms with van der Waals surface area (Å²) in [7, 11) is 1.60. The van der Waals surface area contributed by atoms with Crippen LogP contribution in [-0.4, -0.2) is 32.8 Å². The first-order valence-electron chi connectivity index (χ1n) is 6.05. The molecule has 0 fully saturated rings. The molecule has 0 unspecified atom stereocenters. The van der Waals surface area contributed by atoms with E-state index in [9.17, 15) is 9.18 Å². The fraction of sp³-hybridized carbons (Fsp3) is 0.462. The third kappa shape index (κ3) is 5.23. The van der Waals surface area contributed by atoms with E-state index in [1.54, 1.807) is 13.2 Å². The van der Waals surface area contributed by atoms with Crippen molar-refractivity contribution in [3.8, 4) is 5.75 Å². The van der Waals surface area contributed by atoms with Crippen LogP contribution in [0.4, 0.5) is 4.39 Å². The summed E-state index contributed by atoms with van der Waals surface area (Å²) >= 11 is 0. The zero-order valence-corrected chi connectivity index (χ0v) is 10.9. The summed E-state index contributed by atoms with van der Waals surface area (Å²) in [4.78, 5) is 11.5. The largest absolute Gasteiger partial charge is 0.483 e. The number of benzene rings is 1. The van der Waals surface area contributed by atoms with Crippen LogP contribution in [0.5, 0.6) is 5.75 Å². The van der Waals surface area contributed by atoms with Gasteiger partial charge in [-0.25, -0.2) is 4.39 Å². The maximum atomic E-state index is 13.4. The van der Waals surface area contributed by atoms with Gasteiger partial charge in [0.2, 0.25) is 0 Å². The molecule has 0 aliphatic heterocycles. The van der Waals surface area contributed by atoms with E-state index in [0.717, 1.165) is 6.42 Å². The van der Waals surface area contributed by atoms with Crippen molar-refractivity contribution in [2.75, 3.05) is 26.9 Å². The molecule has 1 rings (SSSR count). The van der Waals surface area contributed by atoms with Gasteiger partial charge < -0.3 is 20.5 Å². The van der Waals surface area contributed by atoms with E-state index in [2.05, 4.69) is 5.32 Å². The van der Waals surface area contributed by atoms with Gasteiger partial charge >= 0.3 is 0 Å². The van der Waals surface area contributed by atoms with E-state index in [4.69, 9.17) is 15.2 Å². The molecule has 19 heavy (non-hydrogen) atoms. The van der Waals surface area contributed by atoms with Crippen molar-refractivity contribution >= 4 is 5.91 Å². The summed E-state index contributed by atoms with van der Waals surface area (Å²) in [6.07, 6.45) is 0.732. The van der Waals surface area contributed by atoms with Crippen molar-refractivity contribution in [3.63, 3.8) is 0 Å². The molecule has 0 aliphatic carbocycles. The lowest BCUT2D eigenvalue weighted by Crippen LogP contribution is -2.30. The standard InChI is InChI=1S/C13H19FN2O3/c1-18-7-3-6-16-13(17)9-19-12-5-2-4-11(14)10(12)8-15/h2,4-5H,3,6-9,15H2,1H3,(H,16,17). The van der Waals surface area contributed by atoms with Crippen molar-refractivity contribution in [3.05, 3.63) is 29.6 Å². The Balaban J connectivity index is 2.40. The lowest BCUT2D eigenvalue weighted by Gasteiger charge is -2.11. The number of carbonyl (C=O) groups is 1. The van der Waals surface area contributed by atoms with Gasteiger partial charge in [0.1, 0.15) is 11.6 Å². The van der Waals surface area contributed by atoms with Crippen LogP contribution in [0.15, 0.2) is 18.2 Å². The summed E-state index contributed by atoms with van der Waals surface area (Å²) in [5.74, 6) is -0.390. The van der Waals surface area contributed by atoms with E-state index >= 15 is 0 Å². The van der Waals surface area contributed by atoms with Gasteiger partial charge in [-0.05, 0) is 18.6 Å². The minimum atomic E-state index is -0.430. The lowest BCUT2D eigenvalue weighted by molar-refractivity contribution is -0.123. The molecular weight excluding hydrogens is 251 g/mol. The number of hydrogen-bond acceptors (Lipinski definition) is 4. The van der Waals surface area contributed by atoms with Crippen LogP contribution in [0, 0.1) is 5.82 Å². The van der Waals surface area contributed by atoms with Crippen LogP contribution in [0.3, 0.4) is 0 Å². The first-order chi connectivity index (χ1) is 9.19. The maximum Gasteiger partial charge on any atom is 0.257 e. The fourth-order valence-electron chi connectivity index (χ4n) is 1.51. The zero-order chi connectivity index (χ0) is 14.1. The number of amides is 1. The highest BCUT2D eigenvalue weighted by Gasteiger charge is 2.09. The van der Waals surface area contributed by atoms with Crippen molar-refractivity contribution in [2.24, 2.45) is 5.73 Å².